The summed E-state index contributed by atoms with van der Waals surface area (Å²) in [5.41, 5.74) is 0.758. The average Bonchev–Trinajstić information content (AvgIpc) is 3.13. The van der Waals surface area contributed by atoms with Crippen molar-refractivity contribution in [1.29, 1.82) is 0 Å². The highest BCUT2D eigenvalue weighted by Crippen LogP contribution is 2.14. The van der Waals surface area contributed by atoms with Gasteiger partial charge >= 0.3 is 0 Å². The van der Waals surface area contributed by atoms with Gasteiger partial charge in [0.2, 0.25) is 5.91 Å². The topological polar surface area (TPSA) is 71.4 Å². The minimum Gasteiger partial charge on any atom is -0.376 e. The van der Waals surface area contributed by atoms with E-state index in [2.05, 4.69) is 20.6 Å². The molecule has 0 aliphatic carbocycles. The summed E-state index contributed by atoms with van der Waals surface area (Å²) in [6.45, 7) is 5.79. The lowest BCUT2D eigenvalue weighted by atomic mass is 10.2. The zero-order valence-corrected chi connectivity index (χ0v) is 12.3. The van der Waals surface area contributed by atoms with E-state index in [1.54, 1.807) is 6.20 Å². The molecule has 2 aliphatic rings. The summed E-state index contributed by atoms with van der Waals surface area (Å²) in [4.78, 5) is 14.2. The molecule has 0 aromatic carbocycles. The maximum Gasteiger partial charge on any atom is 0.238 e. The number of amides is 1. The molecule has 1 aromatic heterocycles. The van der Waals surface area contributed by atoms with Crippen LogP contribution in [0.5, 0.6) is 0 Å². The third-order valence-corrected chi connectivity index (χ3v) is 3.91. The first-order valence-electron chi connectivity index (χ1n) is 7.66. The summed E-state index contributed by atoms with van der Waals surface area (Å²) in [5, 5.41) is 10.5. The Morgan fingerprint density at radius 3 is 3.10 bits per heavy atom. The third-order valence-electron chi connectivity index (χ3n) is 3.91. The molecule has 7 heteroatoms. The molecule has 0 radical (unpaired) electrons. The smallest absolute Gasteiger partial charge is 0.238 e. The van der Waals surface area contributed by atoms with Crippen LogP contribution in [-0.2, 0) is 16.1 Å². The van der Waals surface area contributed by atoms with E-state index < -0.39 is 0 Å². The van der Waals surface area contributed by atoms with Gasteiger partial charge in [-0.2, -0.15) is 5.10 Å². The summed E-state index contributed by atoms with van der Waals surface area (Å²) in [5.74, 6) is 0.0218. The first-order chi connectivity index (χ1) is 10.3. The van der Waals surface area contributed by atoms with Gasteiger partial charge in [0, 0.05) is 39.0 Å². The molecule has 0 saturated carbocycles. The lowest BCUT2D eigenvalue weighted by Crippen LogP contribution is -2.46. The fraction of sp³-hybridized carbons (Fsp3) is 0.714. The molecule has 1 aromatic rings. The van der Waals surface area contributed by atoms with Crippen LogP contribution in [0.4, 0.5) is 5.69 Å². The van der Waals surface area contributed by atoms with Crippen molar-refractivity contribution in [2.75, 3.05) is 44.6 Å². The zero-order valence-electron chi connectivity index (χ0n) is 12.3. The number of ether oxygens (including phenoxy) is 1. The van der Waals surface area contributed by atoms with Crippen molar-refractivity contribution in [3.05, 3.63) is 12.4 Å². The van der Waals surface area contributed by atoms with Gasteiger partial charge in [0.15, 0.2) is 0 Å². The first-order valence-corrected chi connectivity index (χ1v) is 7.66. The molecule has 0 bridgehead atoms. The molecule has 3 heterocycles. The van der Waals surface area contributed by atoms with Gasteiger partial charge in [-0.3, -0.25) is 14.4 Å². The number of nitrogens with one attached hydrogen (secondary N) is 2. The maximum atomic E-state index is 12.0. The van der Waals surface area contributed by atoms with Gasteiger partial charge in [0.25, 0.3) is 0 Å². The monoisotopic (exact) mass is 293 g/mol. The van der Waals surface area contributed by atoms with Crippen LogP contribution in [0.1, 0.15) is 12.8 Å². The number of hydrogen-bond acceptors (Lipinski definition) is 5. The highest BCUT2D eigenvalue weighted by atomic mass is 16.5. The van der Waals surface area contributed by atoms with Gasteiger partial charge < -0.3 is 15.4 Å². The minimum atomic E-state index is 0.0218. The second-order valence-electron chi connectivity index (χ2n) is 5.66. The Hall–Kier alpha value is -1.44. The standard InChI is InChI=1S/C14H23N5O2/c20-14(11-18-5-3-15-4-6-18)17-12-8-16-19(9-12)10-13-2-1-7-21-13/h8-9,13,15H,1-7,10-11H2,(H,17,20). The molecular weight excluding hydrogens is 270 g/mol. The highest BCUT2D eigenvalue weighted by molar-refractivity contribution is 5.91. The summed E-state index contributed by atoms with van der Waals surface area (Å²) in [6.07, 6.45) is 6.04. The Balaban J connectivity index is 1.45. The second-order valence-corrected chi connectivity index (χ2v) is 5.66. The number of anilines is 1. The van der Waals surface area contributed by atoms with Gasteiger partial charge in [-0.15, -0.1) is 0 Å². The van der Waals surface area contributed by atoms with E-state index in [1.807, 2.05) is 10.9 Å². The van der Waals surface area contributed by atoms with Crippen LogP contribution < -0.4 is 10.6 Å². The molecule has 21 heavy (non-hydrogen) atoms. The Morgan fingerprint density at radius 2 is 2.33 bits per heavy atom. The maximum absolute atomic E-state index is 12.0. The number of hydrogen-bond donors (Lipinski definition) is 2. The van der Waals surface area contributed by atoms with Gasteiger partial charge in [0.05, 0.1) is 31.1 Å². The lowest BCUT2D eigenvalue weighted by molar-refractivity contribution is -0.117. The second kappa shape index (κ2) is 7.02. The predicted octanol–water partition coefficient (Wildman–Crippen LogP) is -0.0942. The van der Waals surface area contributed by atoms with Crippen molar-refractivity contribution < 1.29 is 9.53 Å². The van der Waals surface area contributed by atoms with Crippen molar-refractivity contribution in [3.63, 3.8) is 0 Å². The average molecular weight is 293 g/mol. The van der Waals surface area contributed by atoms with E-state index in [9.17, 15) is 4.79 Å². The van der Waals surface area contributed by atoms with Gasteiger partial charge in [-0.25, -0.2) is 0 Å². The van der Waals surface area contributed by atoms with E-state index in [0.29, 0.717) is 6.54 Å². The summed E-state index contributed by atoms with van der Waals surface area (Å²) < 4.78 is 7.43. The quantitative estimate of drug-likeness (QED) is 0.794. The predicted molar refractivity (Wildman–Crippen MR) is 79.1 cm³/mol. The van der Waals surface area contributed by atoms with Crippen molar-refractivity contribution in [3.8, 4) is 0 Å². The molecule has 116 valence electrons. The van der Waals surface area contributed by atoms with E-state index in [0.717, 1.165) is 57.9 Å². The first kappa shape index (κ1) is 14.5. The largest absolute Gasteiger partial charge is 0.376 e. The number of aromatic nitrogens is 2. The van der Waals surface area contributed by atoms with Crippen molar-refractivity contribution in [2.24, 2.45) is 0 Å². The number of rotatable bonds is 5. The van der Waals surface area contributed by atoms with E-state index in [-0.39, 0.29) is 12.0 Å². The van der Waals surface area contributed by atoms with Crippen molar-refractivity contribution in [1.82, 2.24) is 20.0 Å². The van der Waals surface area contributed by atoms with Gasteiger partial charge in [0.1, 0.15) is 0 Å². The van der Waals surface area contributed by atoms with Crippen LogP contribution in [0.3, 0.4) is 0 Å². The molecule has 2 aliphatic heterocycles. The minimum absolute atomic E-state index is 0.0218. The molecule has 3 rings (SSSR count). The van der Waals surface area contributed by atoms with E-state index in [4.69, 9.17) is 4.74 Å². The molecule has 7 nitrogen and oxygen atoms in total. The number of carbonyl (C=O) groups is 1. The van der Waals surface area contributed by atoms with Crippen molar-refractivity contribution >= 4 is 11.6 Å². The molecule has 2 fully saturated rings. The fourth-order valence-electron chi connectivity index (χ4n) is 2.80. The van der Waals surface area contributed by atoms with Crippen LogP contribution >= 0.6 is 0 Å². The molecule has 1 unspecified atom stereocenters. The Kier molecular flexibility index (Phi) is 4.84. The zero-order chi connectivity index (χ0) is 14.5. The number of piperazine rings is 1. The lowest BCUT2D eigenvalue weighted by Gasteiger charge is -2.26. The summed E-state index contributed by atoms with van der Waals surface area (Å²) >= 11 is 0. The SMILES string of the molecule is O=C(CN1CCNCC1)Nc1cnn(CC2CCCO2)c1. The van der Waals surface area contributed by atoms with Crippen LogP contribution in [0.2, 0.25) is 0 Å². The van der Waals surface area contributed by atoms with Gasteiger partial charge in [-0.1, -0.05) is 0 Å². The van der Waals surface area contributed by atoms with Crippen molar-refractivity contribution in [2.45, 2.75) is 25.5 Å². The summed E-state index contributed by atoms with van der Waals surface area (Å²) in [6, 6.07) is 0. The van der Waals surface area contributed by atoms with Crippen LogP contribution in [0.15, 0.2) is 12.4 Å². The normalized spacial score (nSPS) is 23.3. The number of nitrogens with zero attached hydrogens (tertiary/aromatic N) is 3. The molecule has 1 atom stereocenters. The molecule has 1 amide bonds. The van der Waals surface area contributed by atoms with Gasteiger partial charge in [-0.05, 0) is 12.8 Å². The van der Waals surface area contributed by atoms with E-state index >= 15 is 0 Å². The third kappa shape index (κ3) is 4.26. The Labute approximate surface area is 124 Å². The molecular formula is C14H23N5O2. The molecule has 2 N–H and O–H groups in total. The summed E-state index contributed by atoms with van der Waals surface area (Å²) in [7, 11) is 0. The van der Waals surface area contributed by atoms with E-state index in [1.165, 1.54) is 0 Å². The van der Waals surface area contributed by atoms with Crippen LogP contribution in [-0.4, -0.2) is 66.0 Å². The molecule has 2 saturated heterocycles. The van der Waals surface area contributed by atoms with Crippen LogP contribution in [0, 0.1) is 0 Å². The Morgan fingerprint density at radius 1 is 1.48 bits per heavy atom. The Bertz CT molecular complexity index is 464. The highest BCUT2D eigenvalue weighted by Gasteiger charge is 2.17. The number of carbonyl (C=O) groups excluding carboxylic acids is 1. The fourth-order valence-corrected chi connectivity index (χ4v) is 2.80. The van der Waals surface area contributed by atoms with Crippen LogP contribution in [0.25, 0.3) is 0 Å². The molecule has 0 spiro atoms.